The van der Waals surface area contributed by atoms with Crippen LogP contribution in [0.2, 0.25) is 10.0 Å². The molecule has 0 bridgehead atoms. The van der Waals surface area contributed by atoms with E-state index in [0.29, 0.717) is 11.3 Å². The molecule has 3 aromatic carbocycles. The molecule has 6 nitrogen and oxygen atoms in total. The number of methoxy groups -OCH3 is 1. The number of carbonyl (C=O) groups excluding carboxylic acids is 2. The predicted molar refractivity (Wildman–Crippen MR) is 154 cm³/mol. The van der Waals surface area contributed by atoms with Crippen LogP contribution in [0.3, 0.4) is 0 Å². The van der Waals surface area contributed by atoms with Crippen LogP contribution in [0.1, 0.15) is 42.1 Å². The summed E-state index contributed by atoms with van der Waals surface area (Å²) in [4.78, 5) is 30.9. The van der Waals surface area contributed by atoms with E-state index in [4.69, 9.17) is 27.9 Å². The first kappa shape index (κ1) is 27.6. The fraction of sp³-hybridized carbons (Fsp3) is 0.267. The zero-order valence-electron chi connectivity index (χ0n) is 22.0. The third-order valence-corrected chi connectivity index (χ3v) is 7.37. The first-order chi connectivity index (χ1) is 18.1. The molecule has 198 valence electrons. The van der Waals surface area contributed by atoms with Crippen LogP contribution in [0.4, 0.5) is 11.4 Å². The maximum absolute atomic E-state index is 13.6. The highest BCUT2D eigenvalue weighted by molar-refractivity contribution is 6.52. The summed E-state index contributed by atoms with van der Waals surface area (Å²) < 4.78 is 5.43. The maximum Gasteiger partial charge on any atom is 0.300 e. The molecule has 1 unspecified atom stereocenters. The molecular formula is C30H30Cl2N2O4. The van der Waals surface area contributed by atoms with Crippen LogP contribution < -0.4 is 14.5 Å². The van der Waals surface area contributed by atoms with Crippen molar-refractivity contribution in [1.82, 2.24) is 0 Å². The van der Waals surface area contributed by atoms with E-state index >= 15 is 0 Å². The van der Waals surface area contributed by atoms with Crippen LogP contribution in [0.15, 0.2) is 60.2 Å². The van der Waals surface area contributed by atoms with Gasteiger partial charge in [-0.2, -0.15) is 0 Å². The van der Waals surface area contributed by atoms with Crippen LogP contribution in [-0.4, -0.2) is 37.0 Å². The smallest absolute Gasteiger partial charge is 0.300 e. The van der Waals surface area contributed by atoms with Crippen molar-refractivity contribution in [3.8, 4) is 5.75 Å². The Morgan fingerprint density at radius 3 is 2.26 bits per heavy atom. The van der Waals surface area contributed by atoms with Gasteiger partial charge >= 0.3 is 0 Å². The number of hydrogen-bond donors (Lipinski definition) is 1. The first-order valence-electron chi connectivity index (χ1n) is 12.4. The van der Waals surface area contributed by atoms with Crippen molar-refractivity contribution in [3.05, 3.63) is 92.5 Å². The third kappa shape index (κ3) is 4.86. The minimum absolute atomic E-state index is 0.0665. The highest BCUT2D eigenvalue weighted by atomic mass is 35.5. The molecule has 1 N–H and O–H groups in total. The summed E-state index contributed by atoms with van der Waals surface area (Å²) in [5, 5.41) is 12.0. The lowest BCUT2D eigenvalue weighted by molar-refractivity contribution is -0.132. The number of rotatable bonds is 7. The van der Waals surface area contributed by atoms with Crippen molar-refractivity contribution < 1.29 is 19.4 Å². The Bertz CT molecular complexity index is 1430. The van der Waals surface area contributed by atoms with E-state index in [9.17, 15) is 14.7 Å². The number of aliphatic hydroxyl groups is 1. The van der Waals surface area contributed by atoms with Crippen molar-refractivity contribution in [2.24, 2.45) is 0 Å². The van der Waals surface area contributed by atoms with Gasteiger partial charge in [0.05, 0.1) is 29.3 Å². The van der Waals surface area contributed by atoms with Crippen molar-refractivity contribution in [2.45, 2.75) is 33.7 Å². The second-order valence-corrected chi connectivity index (χ2v) is 10.0. The molecule has 1 amide bonds. The number of hydrogen-bond acceptors (Lipinski definition) is 5. The van der Waals surface area contributed by atoms with E-state index in [2.05, 4.69) is 18.7 Å². The zero-order valence-corrected chi connectivity index (χ0v) is 23.5. The molecule has 0 aliphatic carbocycles. The second kappa shape index (κ2) is 11.1. The molecule has 0 spiro atoms. The molecule has 1 aliphatic heterocycles. The molecule has 0 radical (unpaired) electrons. The van der Waals surface area contributed by atoms with Gasteiger partial charge in [-0.25, -0.2) is 0 Å². The molecule has 4 rings (SSSR count). The molecule has 0 saturated carbocycles. The molecule has 1 saturated heterocycles. The summed E-state index contributed by atoms with van der Waals surface area (Å²) >= 11 is 12.6. The number of aliphatic hydroxyl groups excluding tert-OH is 1. The second-order valence-electron chi connectivity index (χ2n) is 9.19. The first-order valence-corrected chi connectivity index (χ1v) is 13.1. The van der Waals surface area contributed by atoms with Crippen LogP contribution in [-0.2, 0) is 9.59 Å². The molecule has 1 aliphatic rings. The van der Waals surface area contributed by atoms with E-state index < -0.39 is 23.5 Å². The van der Waals surface area contributed by atoms with E-state index in [1.807, 2.05) is 56.3 Å². The number of carbonyl (C=O) groups is 2. The summed E-state index contributed by atoms with van der Waals surface area (Å²) in [7, 11) is 1.41. The summed E-state index contributed by atoms with van der Waals surface area (Å²) in [6, 6.07) is 15.5. The van der Waals surface area contributed by atoms with Gasteiger partial charge in [0.25, 0.3) is 11.7 Å². The maximum atomic E-state index is 13.6. The average molecular weight is 553 g/mol. The van der Waals surface area contributed by atoms with Crippen LogP contribution in [0.5, 0.6) is 5.75 Å². The fourth-order valence-corrected chi connectivity index (χ4v) is 5.49. The minimum Gasteiger partial charge on any atom is -0.507 e. The largest absolute Gasteiger partial charge is 0.507 e. The van der Waals surface area contributed by atoms with Crippen molar-refractivity contribution >= 4 is 52.0 Å². The Morgan fingerprint density at radius 1 is 1.00 bits per heavy atom. The number of ketones is 1. The molecule has 1 heterocycles. The number of Topliss-reactive ketones (excluding diaryl/α,β-unsaturated/α-hetero) is 1. The third-order valence-electron chi connectivity index (χ3n) is 6.87. The Kier molecular flexibility index (Phi) is 8.05. The van der Waals surface area contributed by atoms with Gasteiger partial charge in [0.2, 0.25) is 0 Å². The number of nitrogens with zero attached hydrogens (tertiary/aromatic N) is 2. The molecule has 0 aromatic heterocycles. The highest BCUT2D eigenvalue weighted by Gasteiger charge is 2.47. The highest BCUT2D eigenvalue weighted by Crippen LogP contribution is 2.46. The van der Waals surface area contributed by atoms with E-state index in [-0.39, 0.29) is 26.9 Å². The number of anilines is 2. The average Bonchev–Trinajstić information content (AvgIpc) is 3.16. The zero-order chi connectivity index (χ0) is 27.7. The van der Waals surface area contributed by atoms with Crippen molar-refractivity contribution in [3.63, 3.8) is 0 Å². The Labute approximate surface area is 233 Å². The lowest BCUT2D eigenvalue weighted by Gasteiger charge is -2.28. The summed E-state index contributed by atoms with van der Waals surface area (Å²) in [5.74, 6) is -1.79. The lowest BCUT2D eigenvalue weighted by Crippen LogP contribution is -2.30. The van der Waals surface area contributed by atoms with Crippen LogP contribution in [0.25, 0.3) is 5.76 Å². The Balaban J connectivity index is 2.00. The molecule has 1 fully saturated rings. The van der Waals surface area contributed by atoms with Crippen LogP contribution in [0, 0.1) is 13.8 Å². The van der Waals surface area contributed by atoms with Gasteiger partial charge in [-0.05, 0) is 74.7 Å². The normalized spacial score (nSPS) is 16.7. The standard InChI is InChI=1S/C30H30Cl2N2O4/c1-6-33(7-2)21-12-10-19(11-13-21)26-25(27(35)22-15-20(31)16-23(32)29(22)38-5)28(36)30(37)34(26)24-14-17(3)8-9-18(24)4/h8-16,26,35H,6-7H2,1-5H3/b27-25+. The molecule has 8 heteroatoms. The molecule has 3 aromatic rings. The van der Waals surface area contributed by atoms with Gasteiger partial charge in [0, 0.05) is 29.5 Å². The van der Waals surface area contributed by atoms with Gasteiger partial charge in [0.1, 0.15) is 11.5 Å². The van der Waals surface area contributed by atoms with Gasteiger partial charge in [0.15, 0.2) is 0 Å². The molecule has 1 atom stereocenters. The van der Waals surface area contributed by atoms with Gasteiger partial charge in [-0.3, -0.25) is 14.5 Å². The number of ether oxygens (including phenoxy) is 1. The van der Waals surface area contributed by atoms with Gasteiger partial charge in [-0.1, -0.05) is 47.5 Å². The van der Waals surface area contributed by atoms with E-state index in [0.717, 1.165) is 29.9 Å². The quantitative estimate of drug-likeness (QED) is 0.192. The molecule has 38 heavy (non-hydrogen) atoms. The Morgan fingerprint density at radius 2 is 1.66 bits per heavy atom. The number of benzene rings is 3. The van der Waals surface area contributed by atoms with E-state index in [1.54, 1.807) is 0 Å². The fourth-order valence-electron chi connectivity index (χ4n) is 4.92. The number of halogens is 2. The molecular weight excluding hydrogens is 523 g/mol. The van der Waals surface area contributed by atoms with Crippen molar-refractivity contribution in [2.75, 3.05) is 30.0 Å². The van der Waals surface area contributed by atoms with E-state index in [1.165, 1.54) is 24.1 Å². The number of amides is 1. The topological polar surface area (TPSA) is 70.1 Å². The van der Waals surface area contributed by atoms with Crippen LogP contribution >= 0.6 is 23.2 Å². The van der Waals surface area contributed by atoms with Gasteiger partial charge in [-0.15, -0.1) is 0 Å². The Hall–Kier alpha value is -3.48. The predicted octanol–water partition coefficient (Wildman–Crippen LogP) is 7.09. The lowest BCUT2D eigenvalue weighted by atomic mass is 9.94. The SMILES string of the molecule is CCN(CC)c1ccc(C2/C(=C(\O)c3cc(Cl)cc(Cl)c3OC)C(=O)C(=O)N2c2cc(C)ccc2C)cc1. The summed E-state index contributed by atoms with van der Waals surface area (Å²) in [5.41, 5.74) is 4.12. The monoisotopic (exact) mass is 552 g/mol. The minimum atomic E-state index is -0.885. The summed E-state index contributed by atoms with van der Waals surface area (Å²) in [6.45, 7) is 9.64. The number of aryl methyl sites for hydroxylation is 2. The summed E-state index contributed by atoms with van der Waals surface area (Å²) in [6.07, 6.45) is 0. The van der Waals surface area contributed by atoms with Crippen molar-refractivity contribution in [1.29, 1.82) is 0 Å². The van der Waals surface area contributed by atoms with Gasteiger partial charge < -0.3 is 14.7 Å².